The van der Waals surface area contributed by atoms with Gasteiger partial charge in [0, 0.05) is 11.8 Å². The summed E-state index contributed by atoms with van der Waals surface area (Å²) in [7, 11) is 0. The molecule has 0 saturated heterocycles. The van der Waals surface area contributed by atoms with Crippen LogP contribution in [0.25, 0.3) is 0 Å². The number of benzene rings is 2. The summed E-state index contributed by atoms with van der Waals surface area (Å²) < 4.78 is 5.47. The number of hydrogen-bond acceptors (Lipinski definition) is 4. The van der Waals surface area contributed by atoms with Gasteiger partial charge in [-0.2, -0.15) is 0 Å². The van der Waals surface area contributed by atoms with Crippen LogP contribution in [-0.4, -0.2) is 16.9 Å². The molecule has 0 unspecified atom stereocenters. The number of nitro groups is 1. The quantitative estimate of drug-likeness (QED) is 0.675. The molecule has 0 radical (unpaired) electrons. The second-order valence-electron chi connectivity index (χ2n) is 5.35. The zero-order valence-electron chi connectivity index (χ0n) is 13.2. The number of hydrogen-bond donors (Lipinski definition) is 1. The molecule has 0 heterocycles. The van der Waals surface area contributed by atoms with Crippen molar-refractivity contribution in [1.82, 2.24) is 0 Å². The van der Waals surface area contributed by atoms with Gasteiger partial charge in [-0.05, 0) is 50.1 Å². The zero-order valence-corrected chi connectivity index (χ0v) is 13.2. The summed E-state index contributed by atoms with van der Waals surface area (Å²) in [5.41, 5.74) is 2.27. The molecule has 0 bridgehead atoms. The molecule has 1 atom stereocenters. The van der Waals surface area contributed by atoms with E-state index in [-0.39, 0.29) is 17.3 Å². The van der Waals surface area contributed by atoms with E-state index >= 15 is 0 Å². The molecule has 0 aliphatic carbocycles. The molecule has 2 aromatic rings. The smallest absolute Gasteiger partial charge is 0.311 e. The predicted octanol–water partition coefficient (Wildman–Crippen LogP) is 3.62. The molecule has 6 heteroatoms. The summed E-state index contributed by atoms with van der Waals surface area (Å²) in [6, 6.07) is 12.0. The maximum Gasteiger partial charge on any atom is 0.311 e. The lowest BCUT2D eigenvalue weighted by Crippen LogP contribution is -2.30. The Morgan fingerprint density at radius 2 is 1.87 bits per heavy atom. The van der Waals surface area contributed by atoms with Gasteiger partial charge in [-0.25, -0.2) is 0 Å². The first-order valence-corrected chi connectivity index (χ1v) is 7.16. The van der Waals surface area contributed by atoms with Gasteiger partial charge in [0.1, 0.15) is 0 Å². The molecule has 2 aromatic carbocycles. The van der Waals surface area contributed by atoms with Crippen molar-refractivity contribution < 1.29 is 14.5 Å². The lowest BCUT2D eigenvalue weighted by molar-refractivity contribution is -0.386. The number of amides is 1. The van der Waals surface area contributed by atoms with E-state index in [9.17, 15) is 14.9 Å². The monoisotopic (exact) mass is 314 g/mol. The molecule has 1 amide bonds. The molecule has 0 aromatic heterocycles. The lowest BCUT2D eigenvalue weighted by atomic mass is 10.2. The fourth-order valence-corrected chi connectivity index (χ4v) is 2.08. The second-order valence-corrected chi connectivity index (χ2v) is 5.35. The Balaban J connectivity index is 2.11. The van der Waals surface area contributed by atoms with Crippen LogP contribution in [0.2, 0.25) is 0 Å². The van der Waals surface area contributed by atoms with Crippen molar-refractivity contribution in [3.05, 3.63) is 63.7 Å². The maximum atomic E-state index is 12.2. The predicted molar refractivity (Wildman–Crippen MR) is 87.7 cm³/mol. The van der Waals surface area contributed by atoms with Crippen molar-refractivity contribution in [1.29, 1.82) is 0 Å². The number of ether oxygens (including phenoxy) is 1. The minimum atomic E-state index is -0.864. The van der Waals surface area contributed by atoms with Gasteiger partial charge in [-0.1, -0.05) is 18.2 Å². The van der Waals surface area contributed by atoms with Crippen LogP contribution < -0.4 is 10.1 Å². The largest absolute Gasteiger partial charge is 0.474 e. The third-order valence-electron chi connectivity index (χ3n) is 3.27. The van der Waals surface area contributed by atoms with Crippen LogP contribution in [0, 0.1) is 24.0 Å². The highest BCUT2D eigenvalue weighted by Crippen LogP contribution is 2.28. The SMILES string of the molecule is Cc1cccc(NC(=O)[C@H](C)Oc2ccc(C)cc2[N+](=O)[O-])c1. The fourth-order valence-electron chi connectivity index (χ4n) is 2.08. The average Bonchev–Trinajstić information content (AvgIpc) is 2.48. The standard InChI is InChI=1S/C17H18N2O4/c1-11-5-4-6-14(9-11)18-17(20)13(3)23-16-8-7-12(2)10-15(16)19(21)22/h4-10,13H,1-3H3,(H,18,20)/t13-/m0/s1. The molecule has 120 valence electrons. The van der Waals surface area contributed by atoms with E-state index in [1.807, 2.05) is 25.1 Å². The molecule has 0 spiro atoms. The minimum Gasteiger partial charge on any atom is -0.474 e. The highest BCUT2D eigenvalue weighted by Gasteiger charge is 2.21. The van der Waals surface area contributed by atoms with Crippen molar-refractivity contribution >= 4 is 17.3 Å². The number of rotatable bonds is 5. The minimum absolute atomic E-state index is 0.0764. The van der Waals surface area contributed by atoms with E-state index in [4.69, 9.17) is 4.74 Å². The molecule has 0 aliphatic rings. The highest BCUT2D eigenvalue weighted by molar-refractivity contribution is 5.94. The average molecular weight is 314 g/mol. The third kappa shape index (κ3) is 4.29. The van der Waals surface area contributed by atoms with Crippen molar-refractivity contribution in [2.24, 2.45) is 0 Å². The number of anilines is 1. The molecule has 0 saturated carbocycles. The highest BCUT2D eigenvalue weighted by atomic mass is 16.6. The van der Waals surface area contributed by atoms with Crippen LogP contribution in [-0.2, 0) is 4.79 Å². The van der Waals surface area contributed by atoms with Crippen molar-refractivity contribution in [2.75, 3.05) is 5.32 Å². The normalized spacial score (nSPS) is 11.6. The van der Waals surface area contributed by atoms with Gasteiger partial charge >= 0.3 is 5.69 Å². The van der Waals surface area contributed by atoms with Crippen molar-refractivity contribution in [2.45, 2.75) is 26.9 Å². The first-order chi connectivity index (χ1) is 10.9. The lowest BCUT2D eigenvalue weighted by Gasteiger charge is -2.15. The maximum absolute atomic E-state index is 12.2. The molecule has 0 aliphatic heterocycles. The molecule has 1 N–H and O–H groups in total. The Morgan fingerprint density at radius 1 is 1.17 bits per heavy atom. The van der Waals surface area contributed by atoms with Gasteiger partial charge in [-0.15, -0.1) is 0 Å². The van der Waals surface area contributed by atoms with Crippen LogP contribution >= 0.6 is 0 Å². The van der Waals surface area contributed by atoms with Crippen LogP contribution in [0.1, 0.15) is 18.1 Å². The van der Waals surface area contributed by atoms with E-state index in [1.54, 1.807) is 26.0 Å². The number of aryl methyl sites for hydroxylation is 2. The van der Waals surface area contributed by atoms with Gasteiger partial charge in [0.15, 0.2) is 11.9 Å². The number of nitrogens with one attached hydrogen (secondary N) is 1. The molecule has 23 heavy (non-hydrogen) atoms. The van der Waals surface area contributed by atoms with Gasteiger partial charge in [0.2, 0.25) is 0 Å². The Labute approximate surface area is 134 Å². The summed E-state index contributed by atoms with van der Waals surface area (Å²) in [6.07, 6.45) is -0.864. The second kappa shape index (κ2) is 6.91. The van der Waals surface area contributed by atoms with Gasteiger partial charge < -0.3 is 10.1 Å². The Kier molecular flexibility index (Phi) is 4.95. The summed E-state index contributed by atoms with van der Waals surface area (Å²) in [5, 5.41) is 13.8. The summed E-state index contributed by atoms with van der Waals surface area (Å²) >= 11 is 0. The van der Waals surface area contributed by atoms with Gasteiger partial charge in [0.05, 0.1) is 4.92 Å². The van der Waals surface area contributed by atoms with Crippen LogP contribution in [0.5, 0.6) is 5.75 Å². The molecule has 0 fully saturated rings. The molecular formula is C17H18N2O4. The van der Waals surface area contributed by atoms with Crippen LogP contribution in [0.4, 0.5) is 11.4 Å². The van der Waals surface area contributed by atoms with Gasteiger partial charge in [0.25, 0.3) is 5.91 Å². The number of carbonyl (C=O) groups excluding carboxylic acids is 1. The summed E-state index contributed by atoms with van der Waals surface area (Å²) in [5.74, 6) is -0.294. The molecular weight excluding hydrogens is 296 g/mol. The Hall–Kier alpha value is -2.89. The Morgan fingerprint density at radius 3 is 2.52 bits per heavy atom. The third-order valence-corrected chi connectivity index (χ3v) is 3.27. The van der Waals surface area contributed by atoms with Crippen molar-refractivity contribution in [3.8, 4) is 5.75 Å². The van der Waals surface area contributed by atoms with E-state index in [1.165, 1.54) is 12.1 Å². The zero-order chi connectivity index (χ0) is 17.0. The first-order valence-electron chi connectivity index (χ1n) is 7.16. The van der Waals surface area contributed by atoms with E-state index in [0.29, 0.717) is 5.69 Å². The summed E-state index contributed by atoms with van der Waals surface area (Å²) in [4.78, 5) is 22.7. The van der Waals surface area contributed by atoms with E-state index < -0.39 is 11.0 Å². The van der Waals surface area contributed by atoms with E-state index in [0.717, 1.165) is 11.1 Å². The van der Waals surface area contributed by atoms with Gasteiger partial charge in [-0.3, -0.25) is 14.9 Å². The molecule has 6 nitrogen and oxygen atoms in total. The Bertz CT molecular complexity index is 743. The fraction of sp³-hybridized carbons (Fsp3) is 0.235. The van der Waals surface area contributed by atoms with Crippen LogP contribution in [0.3, 0.4) is 0 Å². The van der Waals surface area contributed by atoms with Crippen LogP contribution in [0.15, 0.2) is 42.5 Å². The van der Waals surface area contributed by atoms with E-state index in [2.05, 4.69) is 5.32 Å². The topological polar surface area (TPSA) is 81.5 Å². The van der Waals surface area contributed by atoms with Crippen molar-refractivity contribution in [3.63, 3.8) is 0 Å². The first kappa shape index (κ1) is 16.5. The number of nitrogens with zero attached hydrogens (tertiary/aromatic N) is 1. The molecule has 2 rings (SSSR count). The number of carbonyl (C=O) groups is 1. The summed E-state index contributed by atoms with van der Waals surface area (Å²) in [6.45, 7) is 5.23. The number of nitro benzene ring substituents is 1.